The van der Waals surface area contributed by atoms with Gasteiger partial charge in [0.25, 0.3) is 5.56 Å². The molecule has 0 spiro atoms. The fourth-order valence-electron chi connectivity index (χ4n) is 3.14. The summed E-state index contributed by atoms with van der Waals surface area (Å²) in [5.41, 5.74) is 2.77. The zero-order valence-corrected chi connectivity index (χ0v) is 18.9. The van der Waals surface area contributed by atoms with Gasteiger partial charge in [-0.2, -0.15) is 0 Å². The topological polar surface area (TPSA) is 99.0 Å². The summed E-state index contributed by atoms with van der Waals surface area (Å²) in [5, 5.41) is 14.0. The van der Waals surface area contributed by atoms with Crippen LogP contribution >= 0.6 is 22.7 Å². The zero-order valence-electron chi connectivity index (χ0n) is 17.3. The first kappa shape index (κ1) is 21.3. The van der Waals surface area contributed by atoms with E-state index in [1.54, 1.807) is 7.11 Å². The molecular weight excluding hydrogens is 434 g/mol. The number of rotatable bonds is 7. The molecule has 4 aromatic rings. The number of amides is 1. The fraction of sp³-hybridized carbons (Fsp3) is 0.286. The van der Waals surface area contributed by atoms with E-state index in [-0.39, 0.29) is 18.0 Å². The van der Waals surface area contributed by atoms with Crippen molar-refractivity contribution in [3.63, 3.8) is 0 Å². The number of hydrogen-bond donors (Lipinski definition) is 1. The van der Waals surface area contributed by atoms with Crippen LogP contribution in [0.15, 0.2) is 40.8 Å². The number of ether oxygens (including phenoxy) is 1. The Hall–Kier alpha value is -2.95. The summed E-state index contributed by atoms with van der Waals surface area (Å²) < 4.78 is 6.31. The quantitative estimate of drug-likeness (QED) is 0.454. The summed E-state index contributed by atoms with van der Waals surface area (Å²) >= 11 is 2.64. The first-order chi connectivity index (χ1) is 15.0. The first-order valence-electron chi connectivity index (χ1n) is 9.64. The molecule has 0 saturated heterocycles. The van der Waals surface area contributed by atoms with Crippen molar-refractivity contribution in [3.05, 3.63) is 56.9 Å². The Morgan fingerprint density at radius 2 is 2.00 bits per heavy atom. The minimum atomic E-state index is -0.374. The Morgan fingerprint density at radius 1 is 1.23 bits per heavy atom. The molecule has 0 saturated carbocycles. The number of thiophene rings is 1. The van der Waals surface area contributed by atoms with Gasteiger partial charge in [0.1, 0.15) is 23.0 Å². The molecule has 0 fully saturated rings. The number of carbonyl (C=O) groups is 1. The van der Waals surface area contributed by atoms with Crippen LogP contribution < -0.4 is 10.9 Å². The second-order valence-electron chi connectivity index (χ2n) is 7.27. The molecule has 1 N–H and O–H groups in total. The van der Waals surface area contributed by atoms with Crippen molar-refractivity contribution < 1.29 is 9.53 Å². The lowest BCUT2D eigenvalue weighted by Crippen LogP contribution is -2.27. The number of nitrogens with zero attached hydrogens (tertiary/aromatic N) is 4. The summed E-state index contributed by atoms with van der Waals surface area (Å²) in [7, 11) is 1.56. The minimum Gasteiger partial charge on any atom is -0.377 e. The van der Waals surface area contributed by atoms with Crippen LogP contribution in [0, 0.1) is 0 Å². The lowest BCUT2D eigenvalue weighted by Gasteiger charge is -2.08. The zero-order chi connectivity index (χ0) is 22.0. The van der Waals surface area contributed by atoms with Gasteiger partial charge in [-0.05, 0) is 17.0 Å². The molecule has 0 aliphatic rings. The van der Waals surface area contributed by atoms with E-state index in [2.05, 4.69) is 46.5 Å². The van der Waals surface area contributed by atoms with E-state index in [0.717, 1.165) is 11.1 Å². The second-order valence-corrected chi connectivity index (χ2v) is 9.19. The predicted octanol–water partition coefficient (Wildman–Crippen LogP) is 3.89. The Balaban J connectivity index is 1.59. The number of methoxy groups -OCH3 is 1. The van der Waals surface area contributed by atoms with Gasteiger partial charge in [0.05, 0.1) is 11.7 Å². The van der Waals surface area contributed by atoms with Gasteiger partial charge >= 0.3 is 0 Å². The number of fused-ring (bicyclic) bond motifs is 1. The summed E-state index contributed by atoms with van der Waals surface area (Å²) in [6.45, 7) is 4.45. The van der Waals surface area contributed by atoms with Gasteiger partial charge in [0, 0.05) is 18.1 Å². The van der Waals surface area contributed by atoms with Crippen molar-refractivity contribution in [1.82, 2.24) is 19.7 Å². The second kappa shape index (κ2) is 9.04. The lowest BCUT2D eigenvalue weighted by atomic mass is 9.99. The van der Waals surface area contributed by atoms with Gasteiger partial charge in [-0.1, -0.05) is 49.4 Å². The smallest absolute Gasteiger partial charge is 0.263 e. The highest BCUT2D eigenvalue weighted by molar-refractivity contribution is 7.17. The lowest BCUT2D eigenvalue weighted by molar-refractivity contribution is -0.116. The summed E-state index contributed by atoms with van der Waals surface area (Å²) in [6, 6.07) is 8.19. The van der Waals surface area contributed by atoms with Crippen LogP contribution in [0.3, 0.4) is 0 Å². The Bertz CT molecular complexity index is 1270. The Labute approximate surface area is 186 Å². The third-order valence-electron chi connectivity index (χ3n) is 4.74. The number of aromatic nitrogens is 4. The van der Waals surface area contributed by atoms with E-state index in [0.29, 0.717) is 32.9 Å². The summed E-state index contributed by atoms with van der Waals surface area (Å²) in [5.74, 6) is 0.0609. The molecular formula is C21H21N5O3S2. The van der Waals surface area contributed by atoms with Crippen molar-refractivity contribution >= 4 is 43.9 Å². The maximum atomic E-state index is 13.1. The summed E-state index contributed by atoms with van der Waals surface area (Å²) in [6.07, 6.45) is 1.41. The highest BCUT2D eigenvalue weighted by atomic mass is 32.1. The van der Waals surface area contributed by atoms with Crippen molar-refractivity contribution in [2.45, 2.75) is 32.9 Å². The molecule has 0 aliphatic heterocycles. The standard InChI is InChI=1S/C21H21N5O3S2/c1-12(2)13-4-6-14(7-5-13)15-10-30-19-18(15)20(28)26(11-22-19)8-16(27)23-21-25-24-17(31-21)9-29-3/h4-7,10-12H,8-9H2,1-3H3,(H,23,25,27). The van der Waals surface area contributed by atoms with Crippen LogP contribution in [0.1, 0.15) is 30.3 Å². The van der Waals surface area contributed by atoms with E-state index in [4.69, 9.17) is 4.74 Å². The largest absolute Gasteiger partial charge is 0.377 e. The molecule has 3 aromatic heterocycles. The molecule has 0 radical (unpaired) electrons. The average molecular weight is 456 g/mol. The number of anilines is 1. The average Bonchev–Trinajstić information content (AvgIpc) is 3.38. The molecule has 0 aliphatic carbocycles. The Morgan fingerprint density at radius 3 is 2.71 bits per heavy atom. The van der Waals surface area contributed by atoms with E-state index in [9.17, 15) is 9.59 Å². The van der Waals surface area contributed by atoms with E-state index < -0.39 is 0 Å². The van der Waals surface area contributed by atoms with Gasteiger partial charge in [-0.25, -0.2) is 4.98 Å². The maximum absolute atomic E-state index is 13.1. The van der Waals surface area contributed by atoms with Gasteiger partial charge in [-0.3, -0.25) is 19.5 Å². The van der Waals surface area contributed by atoms with Crippen LogP contribution in [0.2, 0.25) is 0 Å². The van der Waals surface area contributed by atoms with Crippen molar-refractivity contribution in [2.75, 3.05) is 12.4 Å². The van der Waals surface area contributed by atoms with E-state index in [1.165, 1.54) is 39.1 Å². The molecule has 0 bridgehead atoms. The third kappa shape index (κ3) is 4.55. The SMILES string of the molecule is COCc1nnc(NC(=O)Cn2cnc3scc(-c4ccc(C(C)C)cc4)c3c2=O)s1. The van der Waals surface area contributed by atoms with Gasteiger partial charge < -0.3 is 4.74 Å². The number of nitrogens with one attached hydrogen (secondary N) is 1. The van der Waals surface area contributed by atoms with Crippen LogP contribution in [0.4, 0.5) is 5.13 Å². The van der Waals surface area contributed by atoms with E-state index in [1.807, 2.05) is 17.5 Å². The number of hydrogen-bond acceptors (Lipinski definition) is 8. The van der Waals surface area contributed by atoms with Crippen LogP contribution in [-0.2, 0) is 22.7 Å². The highest BCUT2D eigenvalue weighted by Crippen LogP contribution is 2.31. The molecule has 1 aromatic carbocycles. The number of benzene rings is 1. The molecule has 0 unspecified atom stereocenters. The van der Waals surface area contributed by atoms with Crippen LogP contribution in [0.5, 0.6) is 0 Å². The molecule has 1 amide bonds. The van der Waals surface area contributed by atoms with Crippen molar-refractivity contribution in [1.29, 1.82) is 0 Å². The molecule has 31 heavy (non-hydrogen) atoms. The number of carbonyl (C=O) groups excluding carboxylic acids is 1. The van der Waals surface area contributed by atoms with Gasteiger partial charge in [0.15, 0.2) is 0 Å². The molecule has 8 nitrogen and oxygen atoms in total. The van der Waals surface area contributed by atoms with Crippen molar-refractivity contribution in [3.8, 4) is 11.1 Å². The first-order valence-corrected chi connectivity index (χ1v) is 11.3. The summed E-state index contributed by atoms with van der Waals surface area (Å²) in [4.78, 5) is 30.6. The third-order valence-corrected chi connectivity index (χ3v) is 6.44. The maximum Gasteiger partial charge on any atom is 0.263 e. The molecule has 10 heteroatoms. The monoisotopic (exact) mass is 455 g/mol. The van der Waals surface area contributed by atoms with Gasteiger partial charge in [-0.15, -0.1) is 21.5 Å². The highest BCUT2D eigenvalue weighted by Gasteiger charge is 2.16. The van der Waals surface area contributed by atoms with E-state index >= 15 is 0 Å². The molecule has 0 atom stereocenters. The fourth-order valence-corrected chi connectivity index (χ4v) is 4.77. The van der Waals surface area contributed by atoms with Gasteiger partial charge in [0.2, 0.25) is 11.0 Å². The van der Waals surface area contributed by atoms with Crippen molar-refractivity contribution in [2.24, 2.45) is 0 Å². The molecule has 3 heterocycles. The predicted molar refractivity (Wildman–Crippen MR) is 123 cm³/mol. The Kier molecular flexibility index (Phi) is 6.21. The molecule has 4 rings (SSSR count). The molecule has 160 valence electrons. The van der Waals surface area contributed by atoms with Crippen LogP contribution in [-0.4, -0.2) is 32.8 Å². The minimum absolute atomic E-state index is 0.164. The van der Waals surface area contributed by atoms with Crippen LogP contribution in [0.25, 0.3) is 21.3 Å². The normalized spacial score (nSPS) is 11.4.